The summed E-state index contributed by atoms with van der Waals surface area (Å²) in [4.78, 5) is 36.5. The number of nitrogens with one attached hydrogen (secondary N) is 1. The molecule has 7 nitrogen and oxygen atoms in total. The average Bonchev–Trinajstić information content (AvgIpc) is 2.50. The van der Waals surface area contributed by atoms with Gasteiger partial charge in [-0.05, 0) is 38.1 Å². The fourth-order valence-electron chi connectivity index (χ4n) is 1.72. The van der Waals surface area contributed by atoms with Crippen LogP contribution < -0.4 is 11.1 Å². The number of nitrogen functional groups attached to an aromatic ring is 1. The van der Waals surface area contributed by atoms with Crippen molar-refractivity contribution >= 4 is 23.5 Å². The molecule has 0 unspecified atom stereocenters. The molecule has 0 fully saturated rings. The van der Waals surface area contributed by atoms with Gasteiger partial charge in [0.2, 0.25) is 5.91 Å². The highest BCUT2D eigenvalue weighted by molar-refractivity contribution is 5.92. The number of benzene rings is 1. The number of anilines is 1. The Morgan fingerprint density at radius 1 is 1.18 bits per heavy atom. The summed E-state index contributed by atoms with van der Waals surface area (Å²) in [7, 11) is 0. The van der Waals surface area contributed by atoms with Crippen molar-refractivity contribution in [2.24, 2.45) is 0 Å². The Kier molecular flexibility index (Phi) is 6.88. The molecule has 120 valence electrons. The molecule has 22 heavy (non-hydrogen) atoms. The Balaban J connectivity index is 2.50. The molecule has 3 N–H and O–H groups in total. The Labute approximate surface area is 129 Å². The van der Waals surface area contributed by atoms with Crippen molar-refractivity contribution in [1.29, 1.82) is 0 Å². The van der Waals surface area contributed by atoms with Crippen LogP contribution in [0.25, 0.3) is 0 Å². The summed E-state index contributed by atoms with van der Waals surface area (Å²) in [5, 5.41) is 2.61. The van der Waals surface area contributed by atoms with Crippen molar-refractivity contribution < 1.29 is 19.1 Å². The van der Waals surface area contributed by atoms with Gasteiger partial charge in [-0.2, -0.15) is 0 Å². The second kappa shape index (κ2) is 8.66. The lowest BCUT2D eigenvalue weighted by atomic mass is 10.2. The number of hydrogen-bond donors (Lipinski definition) is 2. The summed E-state index contributed by atoms with van der Waals surface area (Å²) in [5.74, 6) is -1.28. The number of nitrogens with two attached hydrogens (primary N) is 1. The Bertz CT molecular complexity index is 528. The molecule has 0 atom stereocenters. The number of likely N-dealkylation sites (N-methyl/N-ethyl adjacent to an activating group) is 2. The number of carbonyl (C=O) groups is 3. The molecule has 7 heteroatoms. The predicted molar refractivity (Wildman–Crippen MR) is 82.1 cm³/mol. The van der Waals surface area contributed by atoms with E-state index in [0.717, 1.165) is 0 Å². The highest BCUT2D eigenvalue weighted by Gasteiger charge is 2.17. The summed E-state index contributed by atoms with van der Waals surface area (Å²) in [6.07, 6.45) is 0. The molecule has 0 bridgehead atoms. The first kappa shape index (κ1) is 17.5. The van der Waals surface area contributed by atoms with E-state index >= 15 is 0 Å². The molecule has 0 saturated heterocycles. The standard InChI is InChI=1S/C15H21N3O4/c1-3-17-13(19)9-18(4-2)14(20)10-22-15(21)11-5-7-12(16)8-6-11/h5-8H,3-4,9-10,16H2,1-2H3,(H,17,19). The van der Waals surface area contributed by atoms with E-state index < -0.39 is 18.5 Å². The molecule has 0 saturated carbocycles. The van der Waals surface area contributed by atoms with Crippen molar-refractivity contribution in [3.05, 3.63) is 29.8 Å². The highest BCUT2D eigenvalue weighted by atomic mass is 16.5. The van der Waals surface area contributed by atoms with E-state index in [4.69, 9.17) is 10.5 Å². The number of esters is 1. The number of carbonyl (C=O) groups excluding carboxylic acids is 3. The first-order chi connectivity index (χ1) is 10.5. The molecule has 0 aliphatic rings. The van der Waals surface area contributed by atoms with Gasteiger partial charge in [0.05, 0.1) is 12.1 Å². The van der Waals surface area contributed by atoms with Crippen molar-refractivity contribution in [3.8, 4) is 0 Å². The third-order valence-corrected chi connectivity index (χ3v) is 2.92. The fourth-order valence-corrected chi connectivity index (χ4v) is 1.72. The summed E-state index contributed by atoms with van der Waals surface area (Å²) < 4.78 is 4.95. The maximum atomic E-state index is 12.0. The van der Waals surface area contributed by atoms with Crippen molar-refractivity contribution in [1.82, 2.24) is 10.2 Å². The zero-order chi connectivity index (χ0) is 16.5. The number of amides is 2. The highest BCUT2D eigenvalue weighted by Crippen LogP contribution is 2.07. The van der Waals surface area contributed by atoms with E-state index in [1.54, 1.807) is 26.0 Å². The van der Waals surface area contributed by atoms with Crippen LogP contribution in [0.1, 0.15) is 24.2 Å². The first-order valence-electron chi connectivity index (χ1n) is 7.05. The van der Waals surface area contributed by atoms with Crippen LogP contribution >= 0.6 is 0 Å². The first-order valence-corrected chi connectivity index (χ1v) is 7.05. The summed E-state index contributed by atoms with van der Waals surface area (Å²) in [6, 6.07) is 6.19. The minimum Gasteiger partial charge on any atom is -0.452 e. The van der Waals surface area contributed by atoms with Crippen molar-refractivity contribution in [3.63, 3.8) is 0 Å². The van der Waals surface area contributed by atoms with E-state index in [9.17, 15) is 14.4 Å². The average molecular weight is 307 g/mol. The van der Waals surface area contributed by atoms with Crippen LogP contribution in [0.3, 0.4) is 0 Å². The number of nitrogens with zero attached hydrogens (tertiary/aromatic N) is 1. The summed E-state index contributed by atoms with van der Waals surface area (Å²) in [6.45, 7) is 3.94. The van der Waals surface area contributed by atoms with Crippen LogP contribution in [0.4, 0.5) is 5.69 Å². The van der Waals surface area contributed by atoms with Gasteiger partial charge in [-0.25, -0.2) is 4.79 Å². The maximum Gasteiger partial charge on any atom is 0.338 e. The second-order valence-electron chi connectivity index (χ2n) is 4.56. The molecule has 0 heterocycles. The van der Waals surface area contributed by atoms with Crippen molar-refractivity contribution in [2.45, 2.75) is 13.8 Å². The second-order valence-corrected chi connectivity index (χ2v) is 4.56. The number of hydrogen-bond acceptors (Lipinski definition) is 5. The van der Waals surface area contributed by atoms with Crippen molar-refractivity contribution in [2.75, 3.05) is 32.0 Å². The molecule has 0 aromatic heterocycles. The molecular formula is C15H21N3O4. The summed E-state index contributed by atoms with van der Waals surface area (Å²) >= 11 is 0. The van der Waals surface area contributed by atoms with Gasteiger partial charge in [0.25, 0.3) is 5.91 Å². The lowest BCUT2D eigenvalue weighted by molar-refractivity contribution is -0.138. The number of rotatable bonds is 7. The van der Waals surface area contributed by atoms with Gasteiger partial charge < -0.3 is 20.7 Å². The van der Waals surface area contributed by atoms with Gasteiger partial charge in [-0.1, -0.05) is 0 Å². The fraction of sp³-hybridized carbons (Fsp3) is 0.400. The minimum absolute atomic E-state index is 0.0530. The molecule has 0 aliphatic heterocycles. The van der Waals surface area contributed by atoms with Gasteiger partial charge in [0, 0.05) is 18.8 Å². The van der Waals surface area contributed by atoms with E-state index in [1.807, 2.05) is 0 Å². The van der Waals surface area contributed by atoms with Crippen LogP contribution in [0.5, 0.6) is 0 Å². The smallest absolute Gasteiger partial charge is 0.338 e. The van der Waals surface area contributed by atoms with Crippen LogP contribution in [0, 0.1) is 0 Å². The van der Waals surface area contributed by atoms with Gasteiger partial charge in [-0.15, -0.1) is 0 Å². The summed E-state index contributed by atoms with van der Waals surface area (Å²) in [5.41, 5.74) is 6.37. The zero-order valence-corrected chi connectivity index (χ0v) is 12.8. The Morgan fingerprint density at radius 3 is 2.36 bits per heavy atom. The molecule has 1 aromatic rings. The SMILES string of the molecule is CCNC(=O)CN(CC)C(=O)COC(=O)c1ccc(N)cc1. The van der Waals surface area contributed by atoms with E-state index in [1.165, 1.54) is 17.0 Å². The zero-order valence-electron chi connectivity index (χ0n) is 12.8. The molecule has 1 rings (SSSR count). The predicted octanol–water partition coefficient (Wildman–Crippen LogP) is 0.410. The van der Waals surface area contributed by atoms with Crippen LogP contribution in [-0.4, -0.2) is 48.9 Å². The lowest BCUT2D eigenvalue weighted by Crippen LogP contribution is -2.42. The van der Waals surface area contributed by atoms with E-state index in [0.29, 0.717) is 24.3 Å². The minimum atomic E-state index is -0.609. The lowest BCUT2D eigenvalue weighted by Gasteiger charge is -2.20. The van der Waals surface area contributed by atoms with Gasteiger partial charge in [0.1, 0.15) is 0 Å². The molecule has 1 aromatic carbocycles. The quantitative estimate of drug-likeness (QED) is 0.561. The molecule has 0 radical (unpaired) electrons. The Hall–Kier alpha value is -2.57. The monoisotopic (exact) mass is 307 g/mol. The van der Waals surface area contributed by atoms with Gasteiger partial charge in [0.15, 0.2) is 6.61 Å². The molecular weight excluding hydrogens is 286 g/mol. The van der Waals surface area contributed by atoms with Gasteiger partial charge >= 0.3 is 5.97 Å². The van der Waals surface area contributed by atoms with Gasteiger partial charge in [-0.3, -0.25) is 9.59 Å². The third-order valence-electron chi connectivity index (χ3n) is 2.92. The van der Waals surface area contributed by atoms with Crippen LogP contribution in [-0.2, 0) is 14.3 Å². The molecule has 0 aliphatic carbocycles. The largest absolute Gasteiger partial charge is 0.452 e. The topological polar surface area (TPSA) is 102 Å². The Morgan fingerprint density at radius 2 is 1.82 bits per heavy atom. The molecule has 0 spiro atoms. The normalized spacial score (nSPS) is 9.91. The maximum absolute atomic E-state index is 12.0. The third kappa shape index (κ3) is 5.43. The van der Waals surface area contributed by atoms with Crippen LogP contribution in [0.2, 0.25) is 0 Å². The van der Waals surface area contributed by atoms with Crippen LogP contribution in [0.15, 0.2) is 24.3 Å². The van der Waals surface area contributed by atoms with E-state index in [2.05, 4.69) is 5.32 Å². The van der Waals surface area contributed by atoms with E-state index in [-0.39, 0.29) is 12.5 Å². The number of ether oxygens (including phenoxy) is 1. The molecule has 2 amide bonds.